The van der Waals surface area contributed by atoms with E-state index >= 15 is 0 Å². The predicted octanol–water partition coefficient (Wildman–Crippen LogP) is 3.57. The molecule has 2 aromatic heterocycles. The lowest BCUT2D eigenvalue weighted by Gasteiger charge is -2.28. The molecule has 130 valence electrons. The SMILES string of the molecule is CC1CCC(NC(=O)CN(Cc2ccco2)Cc2ccco2)CC1. The third-order valence-corrected chi connectivity index (χ3v) is 4.67. The van der Waals surface area contributed by atoms with Crippen LogP contribution in [-0.4, -0.2) is 23.4 Å². The van der Waals surface area contributed by atoms with Gasteiger partial charge in [-0.15, -0.1) is 0 Å². The Morgan fingerprint density at radius 3 is 2.17 bits per heavy atom. The topological polar surface area (TPSA) is 58.6 Å². The number of nitrogens with zero attached hydrogens (tertiary/aromatic N) is 1. The fourth-order valence-electron chi connectivity index (χ4n) is 3.29. The van der Waals surface area contributed by atoms with Gasteiger partial charge in [0.2, 0.25) is 5.91 Å². The lowest BCUT2D eigenvalue weighted by atomic mass is 9.87. The monoisotopic (exact) mass is 330 g/mol. The van der Waals surface area contributed by atoms with Crippen LogP contribution in [0, 0.1) is 5.92 Å². The molecule has 0 unspecified atom stereocenters. The van der Waals surface area contributed by atoms with E-state index < -0.39 is 0 Å². The first kappa shape index (κ1) is 16.8. The molecule has 2 aromatic rings. The highest BCUT2D eigenvalue weighted by molar-refractivity contribution is 5.78. The number of hydrogen-bond acceptors (Lipinski definition) is 4. The van der Waals surface area contributed by atoms with Gasteiger partial charge in [0.25, 0.3) is 0 Å². The lowest BCUT2D eigenvalue weighted by Crippen LogP contribution is -2.43. The van der Waals surface area contributed by atoms with E-state index in [1.165, 1.54) is 12.8 Å². The average molecular weight is 330 g/mol. The van der Waals surface area contributed by atoms with Crippen molar-refractivity contribution in [2.75, 3.05) is 6.54 Å². The molecule has 0 aliphatic heterocycles. The molecule has 5 nitrogen and oxygen atoms in total. The second-order valence-electron chi connectivity index (χ2n) is 6.83. The van der Waals surface area contributed by atoms with Crippen LogP contribution in [0.5, 0.6) is 0 Å². The van der Waals surface area contributed by atoms with E-state index in [1.807, 2.05) is 29.2 Å². The van der Waals surface area contributed by atoms with E-state index in [2.05, 4.69) is 12.2 Å². The summed E-state index contributed by atoms with van der Waals surface area (Å²) >= 11 is 0. The van der Waals surface area contributed by atoms with Crippen LogP contribution in [-0.2, 0) is 17.9 Å². The zero-order valence-electron chi connectivity index (χ0n) is 14.2. The van der Waals surface area contributed by atoms with E-state index in [0.29, 0.717) is 25.7 Å². The van der Waals surface area contributed by atoms with Crippen molar-refractivity contribution in [1.82, 2.24) is 10.2 Å². The van der Waals surface area contributed by atoms with Crippen molar-refractivity contribution < 1.29 is 13.6 Å². The van der Waals surface area contributed by atoms with Crippen molar-refractivity contribution in [1.29, 1.82) is 0 Å². The molecule has 0 radical (unpaired) electrons. The van der Waals surface area contributed by atoms with Crippen molar-refractivity contribution in [3.63, 3.8) is 0 Å². The minimum Gasteiger partial charge on any atom is -0.468 e. The maximum atomic E-state index is 12.4. The molecule has 0 saturated heterocycles. The summed E-state index contributed by atoms with van der Waals surface area (Å²) in [7, 11) is 0. The van der Waals surface area contributed by atoms with Gasteiger partial charge in [0.05, 0.1) is 32.2 Å². The highest BCUT2D eigenvalue weighted by atomic mass is 16.3. The van der Waals surface area contributed by atoms with Crippen molar-refractivity contribution in [3.8, 4) is 0 Å². The highest BCUT2D eigenvalue weighted by Crippen LogP contribution is 2.23. The Labute approximate surface area is 143 Å². The Balaban J connectivity index is 1.54. The van der Waals surface area contributed by atoms with E-state index in [4.69, 9.17) is 8.83 Å². The first-order valence-electron chi connectivity index (χ1n) is 8.75. The molecule has 0 bridgehead atoms. The van der Waals surface area contributed by atoms with Gasteiger partial charge in [0.1, 0.15) is 11.5 Å². The molecular formula is C19H26N2O3. The first-order chi connectivity index (χ1) is 11.7. The molecule has 1 aliphatic carbocycles. The average Bonchev–Trinajstić information content (AvgIpc) is 3.23. The molecule has 1 amide bonds. The third-order valence-electron chi connectivity index (χ3n) is 4.67. The maximum Gasteiger partial charge on any atom is 0.234 e. The summed E-state index contributed by atoms with van der Waals surface area (Å²) < 4.78 is 10.8. The van der Waals surface area contributed by atoms with Crippen molar-refractivity contribution in [2.45, 2.75) is 51.7 Å². The summed E-state index contributed by atoms with van der Waals surface area (Å²) in [4.78, 5) is 14.5. The lowest BCUT2D eigenvalue weighted by molar-refractivity contribution is -0.123. The first-order valence-corrected chi connectivity index (χ1v) is 8.75. The van der Waals surface area contributed by atoms with E-state index in [0.717, 1.165) is 30.3 Å². The van der Waals surface area contributed by atoms with Gasteiger partial charge in [-0.2, -0.15) is 0 Å². The molecule has 0 aromatic carbocycles. The smallest absolute Gasteiger partial charge is 0.234 e. The van der Waals surface area contributed by atoms with Crippen LogP contribution in [0.15, 0.2) is 45.6 Å². The van der Waals surface area contributed by atoms with Crippen molar-refractivity contribution in [2.24, 2.45) is 5.92 Å². The summed E-state index contributed by atoms with van der Waals surface area (Å²) in [5, 5.41) is 3.19. The molecular weight excluding hydrogens is 304 g/mol. The van der Waals surface area contributed by atoms with Crippen LogP contribution in [0.4, 0.5) is 0 Å². The maximum absolute atomic E-state index is 12.4. The van der Waals surface area contributed by atoms with Gasteiger partial charge >= 0.3 is 0 Å². The summed E-state index contributed by atoms with van der Waals surface area (Å²) in [6, 6.07) is 7.90. The Hall–Kier alpha value is -2.01. The van der Waals surface area contributed by atoms with E-state index in [1.54, 1.807) is 12.5 Å². The number of hydrogen-bond donors (Lipinski definition) is 1. The number of rotatable bonds is 7. The summed E-state index contributed by atoms with van der Waals surface area (Å²) in [6.45, 7) is 3.80. The predicted molar refractivity (Wildman–Crippen MR) is 91.1 cm³/mol. The molecule has 1 fully saturated rings. The van der Waals surface area contributed by atoms with Crippen LogP contribution >= 0.6 is 0 Å². The Morgan fingerprint density at radius 2 is 1.67 bits per heavy atom. The van der Waals surface area contributed by atoms with Crippen LogP contribution in [0.2, 0.25) is 0 Å². The summed E-state index contributed by atoms with van der Waals surface area (Å²) in [5.41, 5.74) is 0. The summed E-state index contributed by atoms with van der Waals surface area (Å²) in [5.74, 6) is 2.56. The standard InChI is InChI=1S/C19H26N2O3/c1-15-6-8-16(9-7-15)20-19(22)14-21(12-17-4-2-10-23-17)13-18-5-3-11-24-18/h2-5,10-11,15-16H,6-9,12-14H2,1H3,(H,20,22). The van der Waals surface area contributed by atoms with Crippen molar-refractivity contribution in [3.05, 3.63) is 48.3 Å². The number of carbonyl (C=O) groups is 1. The zero-order chi connectivity index (χ0) is 16.8. The molecule has 2 heterocycles. The molecule has 24 heavy (non-hydrogen) atoms. The highest BCUT2D eigenvalue weighted by Gasteiger charge is 2.21. The number of carbonyl (C=O) groups excluding carboxylic acids is 1. The van der Waals surface area contributed by atoms with Gasteiger partial charge in [-0.25, -0.2) is 0 Å². The third kappa shape index (κ3) is 4.99. The van der Waals surface area contributed by atoms with Crippen LogP contribution in [0.3, 0.4) is 0 Å². The number of nitrogens with one attached hydrogen (secondary N) is 1. The number of furan rings is 2. The molecule has 5 heteroatoms. The van der Waals surface area contributed by atoms with Gasteiger partial charge in [-0.3, -0.25) is 9.69 Å². The van der Waals surface area contributed by atoms with Crippen LogP contribution in [0.1, 0.15) is 44.1 Å². The normalized spacial score (nSPS) is 21.1. The second-order valence-corrected chi connectivity index (χ2v) is 6.83. The van der Waals surface area contributed by atoms with Gasteiger partial charge in [0, 0.05) is 6.04 Å². The fraction of sp³-hybridized carbons (Fsp3) is 0.526. The largest absolute Gasteiger partial charge is 0.468 e. The Kier molecular flexibility index (Phi) is 5.75. The van der Waals surface area contributed by atoms with Gasteiger partial charge in [-0.05, 0) is 55.9 Å². The zero-order valence-corrected chi connectivity index (χ0v) is 14.2. The minimum atomic E-state index is 0.0765. The molecule has 0 atom stereocenters. The van der Waals surface area contributed by atoms with Crippen LogP contribution < -0.4 is 5.32 Å². The van der Waals surface area contributed by atoms with Gasteiger partial charge in [-0.1, -0.05) is 6.92 Å². The molecule has 0 spiro atoms. The molecule has 1 N–H and O–H groups in total. The fourth-order valence-corrected chi connectivity index (χ4v) is 3.29. The van der Waals surface area contributed by atoms with E-state index in [-0.39, 0.29) is 5.91 Å². The Bertz CT molecular complexity index is 562. The van der Waals surface area contributed by atoms with Gasteiger partial charge in [0.15, 0.2) is 0 Å². The molecule has 1 aliphatic rings. The van der Waals surface area contributed by atoms with E-state index in [9.17, 15) is 4.79 Å². The molecule has 3 rings (SSSR count). The summed E-state index contributed by atoms with van der Waals surface area (Å²) in [6.07, 6.45) is 7.89. The van der Waals surface area contributed by atoms with Crippen molar-refractivity contribution >= 4 is 5.91 Å². The van der Waals surface area contributed by atoms with Crippen LogP contribution in [0.25, 0.3) is 0 Å². The number of amides is 1. The molecule has 1 saturated carbocycles. The second kappa shape index (κ2) is 8.20. The quantitative estimate of drug-likeness (QED) is 0.843. The Morgan fingerprint density at radius 1 is 1.08 bits per heavy atom. The minimum absolute atomic E-state index is 0.0765. The van der Waals surface area contributed by atoms with Gasteiger partial charge < -0.3 is 14.2 Å².